The number of carbonyl (C=O) groups is 2. The Balaban J connectivity index is 1.78. The Kier molecular flexibility index (Phi) is 6.07. The number of amides is 3. The molecule has 0 radical (unpaired) electrons. The van der Waals surface area contributed by atoms with Crippen molar-refractivity contribution in [2.24, 2.45) is 7.05 Å². The van der Waals surface area contributed by atoms with E-state index in [-0.39, 0.29) is 24.8 Å². The minimum absolute atomic E-state index is 0.115. The topological polar surface area (TPSA) is 88.5 Å². The van der Waals surface area contributed by atoms with Gasteiger partial charge in [0.05, 0.1) is 5.69 Å². The Bertz CT molecular complexity index is 879. The summed E-state index contributed by atoms with van der Waals surface area (Å²) in [4.78, 5) is 25.7. The molecule has 1 saturated carbocycles. The Hall–Kier alpha value is -2.60. The van der Waals surface area contributed by atoms with Crippen LogP contribution in [0.5, 0.6) is 0 Å². The fourth-order valence-electron chi connectivity index (χ4n) is 3.74. The van der Waals surface area contributed by atoms with Crippen LogP contribution < -0.4 is 10.6 Å². The summed E-state index contributed by atoms with van der Waals surface area (Å²) in [7, 11) is 1.47. The normalized spacial score (nSPS) is 19.2. The van der Waals surface area contributed by atoms with Crippen molar-refractivity contribution in [3.63, 3.8) is 0 Å². The molecule has 0 spiro atoms. The monoisotopic (exact) mass is 467 g/mol. The van der Waals surface area contributed by atoms with Gasteiger partial charge >= 0.3 is 18.3 Å². The van der Waals surface area contributed by atoms with Crippen molar-refractivity contribution in [2.75, 3.05) is 25.0 Å². The highest BCUT2D eigenvalue weighted by Gasteiger charge is 2.50. The molecule has 13 heteroatoms. The van der Waals surface area contributed by atoms with Crippen LogP contribution in [0.4, 0.5) is 37.4 Å². The number of carbonyl (C=O) groups excluding carboxylic acids is 2. The van der Waals surface area contributed by atoms with E-state index >= 15 is 0 Å². The second-order valence-corrected chi connectivity index (χ2v) is 9.24. The number of anilines is 1. The van der Waals surface area contributed by atoms with Gasteiger partial charge in [0, 0.05) is 50.4 Å². The number of ether oxygens (including phenoxy) is 1. The molecular formula is C19H26F5N5O3. The molecule has 2 fully saturated rings. The van der Waals surface area contributed by atoms with Gasteiger partial charge in [-0.25, -0.2) is 18.4 Å². The molecule has 0 aromatic carbocycles. The van der Waals surface area contributed by atoms with Crippen LogP contribution in [0.25, 0.3) is 0 Å². The molecule has 0 unspecified atom stereocenters. The minimum atomic E-state index is -4.59. The largest absolute Gasteiger partial charge is 0.444 e. The lowest BCUT2D eigenvalue weighted by Gasteiger charge is -2.41. The summed E-state index contributed by atoms with van der Waals surface area (Å²) >= 11 is 0. The Labute approximate surface area is 181 Å². The fourth-order valence-corrected chi connectivity index (χ4v) is 3.74. The molecule has 1 aromatic rings. The summed E-state index contributed by atoms with van der Waals surface area (Å²) in [5.74, 6) is -3.57. The molecule has 2 aliphatic rings. The Morgan fingerprint density at radius 1 is 1.16 bits per heavy atom. The van der Waals surface area contributed by atoms with Gasteiger partial charge in [0.25, 0.3) is 0 Å². The molecule has 0 atom stereocenters. The van der Waals surface area contributed by atoms with Crippen LogP contribution in [-0.4, -0.2) is 64.1 Å². The molecule has 1 aromatic heterocycles. The van der Waals surface area contributed by atoms with E-state index in [0.717, 1.165) is 0 Å². The first-order valence-corrected chi connectivity index (χ1v) is 10.1. The average Bonchev–Trinajstić information content (AvgIpc) is 2.84. The molecule has 2 heterocycles. The van der Waals surface area contributed by atoms with Gasteiger partial charge in [-0.15, -0.1) is 0 Å². The highest BCUT2D eigenvalue weighted by Crippen LogP contribution is 2.51. The van der Waals surface area contributed by atoms with Crippen molar-refractivity contribution in [3.8, 4) is 0 Å². The molecule has 3 rings (SSSR count). The Morgan fingerprint density at radius 2 is 1.75 bits per heavy atom. The van der Waals surface area contributed by atoms with Gasteiger partial charge in [-0.05, 0) is 20.8 Å². The van der Waals surface area contributed by atoms with Crippen molar-refractivity contribution >= 4 is 17.9 Å². The smallest absolute Gasteiger partial charge is 0.410 e. The second kappa shape index (κ2) is 8.07. The van der Waals surface area contributed by atoms with Gasteiger partial charge in [-0.1, -0.05) is 0 Å². The van der Waals surface area contributed by atoms with E-state index < -0.39 is 55.1 Å². The van der Waals surface area contributed by atoms with E-state index in [1.165, 1.54) is 16.6 Å². The molecule has 1 aliphatic carbocycles. The zero-order valence-electron chi connectivity index (χ0n) is 18.1. The maximum Gasteiger partial charge on any atom is 0.410 e. The number of urea groups is 1. The molecule has 1 saturated heterocycles. The lowest BCUT2D eigenvalue weighted by molar-refractivity contribution is -0.122. The van der Waals surface area contributed by atoms with Crippen molar-refractivity contribution in [1.82, 2.24) is 20.0 Å². The van der Waals surface area contributed by atoms with E-state index in [4.69, 9.17) is 4.74 Å². The number of hydrogen-bond acceptors (Lipinski definition) is 4. The highest BCUT2D eigenvalue weighted by molar-refractivity contribution is 5.89. The summed E-state index contributed by atoms with van der Waals surface area (Å²) in [6.45, 7) is 4.05. The van der Waals surface area contributed by atoms with Crippen LogP contribution in [0, 0.1) is 0 Å². The van der Waals surface area contributed by atoms with E-state index in [2.05, 4.69) is 10.4 Å². The van der Waals surface area contributed by atoms with Crippen LogP contribution in [0.15, 0.2) is 0 Å². The number of nitrogens with one attached hydrogen (secondary N) is 2. The SMILES string of the molecule is Cn1nc(C2CC(F)(F)C2)c(C2CN(C(=O)OC(C)(C)C)C2)c1NC(=O)NCC(F)(F)F. The molecule has 8 nitrogen and oxygen atoms in total. The quantitative estimate of drug-likeness (QED) is 0.657. The summed E-state index contributed by atoms with van der Waals surface area (Å²) in [6.07, 6.45) is -5.93. The maximum atomic E-state index is 13.5. The van der Waals surface area contributed by atoms with E-state index in [0.29, 0.717) is 11.3 Å². The molecule has 0 bridgehead atoms. The number of aromatic nitrogens is 2. The number of halogens is 5. The van der Waals surface area contributed by atoms with Crippen LogP contribution in [0.3, 0.4) is 0 Å². The average molecular weight is 467 g/mol. The molecule has 2 N–H and O–H groups in total. The Morgan fingerprint density at radius 3 is 2.25 bits per heavy atom. The first-order chi connectivity index (χ1) is 14.5. The number of nitrogens with zero attached hydrogens (tertiary/aromatic N) is 3. The summed E-state index contributed by atoms with van der Waals surface area (Å²) < 4.78 is 70.7. The van der Waals surface area contributed by atoms with Crippen LogP contribution in [0.1, 0.15) is 56.7 Å². The van der Waals surface area contributed by atoms with Gasteiger partial charge < -0.3 is 15.0 Å². The molecule has 180 valence electrons. The van der Waals surface area contributed by atoms with Crippen molar-refractivity contribution < 1.29 is 36.3 Å². The predicted molar refractivity (Wildman–Crippen MR) is 104 cm³/mol. The highest BCUT2D eigenvalue weighted by atomic mass is 19.4. The number of aryl methyl sites for hydroxylation is 1. The summed E-state index contributed by atoms with van der Waals surface area (Å²) in [6, 6.07) is -1.10. The molecule has 3 amide bonds. The van der Waals surface area contributed by atoms with Crippen LogP contribution in [-0.2, 0) is 11.8 Å². The third-order valence-corrected chi connectivity index (χ3v) is 5.21. The number of likely N-dealkylation sites (tertiary alicyclic amines) is 1. The van der Waals surface area contributed by atoms with Crippen LogP contribution >= 0.6 is 0 Å². The van der Waals surface area contributed by atoms with E-state index in [9.17, 15) is 31.5 Å². The van der Waals surface area contributed by atoms with Gasteiger partial charge in [-0.2, -0.15) is 18.3 Å². The molecule has 32 heavy (non-hydrogen) atoms. The first-order valence-electron chi connectivity index (χ1n) is 10.1. The van der Waals surface area contributed by atoms with Gasteiger partial charge in [0.1, 0.15) is 18.0 Å². The van der Waals surface area contributed by atoms with Crippen molar-refractivity contribution in [1.29, 1.82) is 0 Å². The maximum absolute atomic E-state index is 13.5. The molecule has 1 aliphatic heterocycles. The zero-order valence-corrected chi connectivity index (χ0v) is 18.1. The number of rotatable bonds is 4. The van der Waals surface area contributed by atoms with Gasteiger partial charge in [-0.3, -0.25) is 10.00 Å². The zero-order chi connectivity index (χ0) is 24.1. The van der Waals surface area contributed by atoms with E-state index in [1.54, 1.807) is 26.1 Å². The van der Waals surface area contributed by atoms with Crippen molar-refractivity contribution in [3.05, 3.63) is 11.3 Å². The van der Waals surface area contributed by atoms with Crippen molar-refractivity contribution in [2.45, 2.75) is 63.1 Å². The lowest BCUT2D eigenvalue weighted by Crippen LogP contribution is -2.50. The lowest BCUT2D eigenvalue weighted by atomic mass is 9.75. The van der Waals surface area contributed by atoms with E-state index in [1.807, 2.05) is 0 Å². The number of alkyl halides is 5. The first kappa shape index (κ1) is 24.1. The third kappa shape index (κ3) is 5.60. The van der Waals surface area contributed by atoms with Crippen LogP contribution in [0.2, 0.25) is 0 Å². The van der Waals surface area contributed by atoms with Gasteiger partial charge in [0.15, 0.2) is 0 Å². The standard InChI is InChI=1S/C19H26F5N5O3/c1-17(2,3)32-16(31)29-7-11(8-29)12-13(10-5-18(20,21)6-10)27-28(4)14(12)26-15(30)25-9-19(22,23)24/h10-11H,5-9H2,1-4H3,(H2,25,26,30). The predicted octanol–water partition coefficient (Wildman–Crippen LogP) is 3.95. The summed E-state index contributed by atoms with van der Waals surface area (Å²) in [5, 5.41) is 8.34. The fraction of sp³-hybridized carbons (Fsp3) is 0.737. The number of hydrogen-bond donors (Lipinski definition) is 2. The summed E-state index contributed by atoms with van der Waals surface area (Å²) in [5.41, 5.74) is 0.121. The minimum Gasteiger partial charge on any atom is -0.444 e. The molecular weight excluding hydrogens is 441 g/mol. The van der Waals surface area contributed by atoms with Gasteiger partial charge in [0.2, 0.25) is 5.92 Å². The second-order valence-electron chi connectivity index (χ2n) is 9.24. The third-order valence-electron chi connectivity index (χ3n) is 5.21.